The molecule has 0 aliphatic heterocycles. The van der Waals surface area contributed by atoms with Gasteiger partial charge in [-0.1, -0.05) is 15.9 Å². The van der Waals surface area contributed by atoms with Crippen LogP contribution in [0.1, 0.15) is 39.4 Å². The van der Waals surface area contributed by atoms with Gasteiger partial charge in [-0.3, -0.25) is 4.79 Å². The van der Waals surface area contributed by atoms with Gasteiger partial charge in [-0.25, -0.2) is 0 Å². The van der Waals surface area contributed by atoms with Crippen molar-refractivity contribution in [3.8, 4) is 0 Å². The largest absolute Gasteiger partial charge is 0.351 e. The fourth-order valence-corrected chi connectivity index (χ4v) is 3.72. The van der Waals surface area contributed by atoms with Crippen LogP contribution in [0.15, 0.2) is 6.07 Å². The molecule has 1 amide bonds. The van der Waals surface area contributed by atoms with Crippen LogP contribution in [0.2, 0.25) is 0 Å². The van der Waals surface area contributed by atoms with Crippen molar-refractivity contribution in [1.29, 1.82) is 0 Å². The molecule has 0 radical (unpaired) electrons. The molecule has 0 bridgehead atoms. The first-order chi connectivity index (χ1) is 8.06. The molecule has 17 heavy (non-hydrogen) atoms. The SMILES string of the molecule is Cc1cc(C(=O)NCC2(CCBr)CC2)sc1C. The Morgan fingerprint density at radius 2 is 2.24 bits per heavy atom. The van der Waals surface area contributed by atoms with Gasteiger partial charge in [0.1, 0.15) is 0 Å². The molecule has 1 saturated carbocycles. The molecule has 0 unspecified atom stereocenters. The van der Waals surface area contributed by atoms with Gasteiger partial charge in [0.05, 0.1) is 4.88 Å². The van der Waals surface area contributed by atoms with Gasteiger partial charge in [-0.2, -0.15) is 0 Å². The summed E-state index contributed by atoms with van der Waals surface area (Å²) in [6, 6.07) is 1.99. The fourth-order valence-electron chi connectivity index (χ4n) is 1.93. The predicted octanol–water partition coefficient (Wildman–Crippen LogP) is 3.66. The van der Waals surface area contributed by atoms with Crippen molar-refractivity contribution in [3.05, 3.63) is 21.4 Å². The highest BCUT2D eigenvalue weighted by Gasteiger charge is 2.41. The Kier molecular flexibility index (Phi) is 3.93. The number of carbonyl (C=O) groups excluding carboxylic acids is 1. The van der Waals surface area contributed by atoms with E-state index in [1.165, 1.54) is 23.3 Å². The minimum Gasteiger partial charge on any atom is -0.351 e. The summed E-state index contributed by atoms with van der Waals surface area (Å²) >= 11 is 5.06. The second kappa shape index (κ2) is 5.11. The van der Waals surface area contributed by atoms with Crippen molar-refractivity contribution < 1.29 is 4.79 Å². The molecule has 1 fully saturated rings. The van der Waals surface area contributed by atoms with Crippen LogP contribution in [0.3, 0.4) is 0 Å². The van der Waals surface area contributed by atoms with E-state index in [1.807, 2.05) is 6.07 Å². The molecule has 0 aromatic carbocycles. The third-order valence-electron chi connectivity index (χ3n) is 3.60. The maximum atomic E-state index is 12.0. The molecule has 1 aliphatic rings. The van der Waals surface area contributed by atoms with Gasteiger partial charge in [0.2, 0.25) is 0 Å². The van der Waals surface area contributed by atoms with Crippen LogP contribution in [-0.4, -0.2) is 17.8 Å². The van der Waals surface area contributed by atoms with E-state index in [0.29, 0.717) is 5.41 Å². The van der Waals surface area contributed by atoms with E-state index in [0.717, 1.165) is 23.2 Å². The van der Waals surface area contributed by atoms with Crippen LogP contribution in [-0.2, 0) is 0 Å². The summed E-state index contributed by atoms with van der Waals surface area (Å²) in [4.78, 5) is 14.1. The van der Waals surface area contributed by atoms with Crippen LogP contribution in [0, 0.1) is 19.3 Å². The molecule has 1 N–H and O–H groups in total. The quantitative estimate of drug-likeness (QED) is 0.825. The topological polar surface area (TPSA) is 29.1 Å². The van der Waals surface area contributed by atoms with Crippen LogP contribution in [0.4, 0.5) is 0 Å². The van der Waals surface area contributed by atoms with E-state index < -0.39 is 0 Å². The number of nitrogens with one attached hydrogen (secondary N) is 1. The molecule has 0 saturated heterocycles. The summed E-state index contributed by atoms with van der Waals surface area (Å²) in [6.45, 7) is 4.94. The summed E-state index contributed by atoms with van der Waals surface area (Å²) in [5, 5.41) is 4.11. The molecule has 4 heteroatoms. The Labute approximate surface area is 115 Å². The summed E-state index contributed by atoms with van der Waals surface area (Å²) in [5.74, 6) is 0.0899. The highest BCUT2D eigenvalue weighted by molar-refractivity contribution is 9.09. The lowest BCUT2D eigenvalue weighted by Gasteiger charge is -2.13. The van der Waals surface area contributed by atoms with Gasteiger partial charge in [0, 0.05) is 16.8 Å². The number of carbonyl (C=O) groups is 1. The van der Waals surface area contributed by atoms with Crippen molar-refractivity contribution in [1.82, 2.24) is 5.32 Å². The van der Waals surface area contributed by atoms with E-state index in [2.05, 4.69) is 35.1 Å². The van der Waals surface area contributed by atoms with Crippen molar-refractivity contribution in [2.45, 2.75) is 33.1 Å². The summed E-state index contributed by atoms with van der Waals surface area (Å²) < 4.78 is 0. The zero-order valence-electron chi connectivity index (χ0n) is 10.3. The number of aryl methyl sites for hydroxylation is 2. The number of alkyl halides is 1. The maximum absolute atomic E-state index is 12.0. The smallest absolute Gasteiger partial charge is 0.261 e. The number of halogens is 1. The lowest BCUT2D eigenvalue weighted by atomic mass is 10.0. The summed E-state index contributed by atoms with van der Waals surface area (Å²) in [6.07, 6.45) is 3.67. The normalized spacial score (nSPS) is 16.9. The molecule has 0 spiro atoms. The molecular formula is C13H18BrNOS. The van der Waals surface area contributed by atoms with Gasteiger partial charge in [0.25, 0.3) is 5.91 Å². The number of rotatable bonds is 5. The van der Waals surface area contributed by atoms with Crippen molar-refractivity contribution in [3.63, 3.8) is 0 Å². The first kappa shape index (κ1) is 13.1. The highest BCUT2D eigenvalue weighted by Crippen LogP contribution is 2.48. The average Bonchev–Trinajstić information content (AvgIpc) is 2.97. The van der Waals surface area contributed by atoms with E-state index in [1.54, 1.807) is 11.3 Å². The monoisotopic (exact) mass is 315 g/mol. The zero-order valence-corrected chi connectivity index (χ0v) is 12.7. The molecular weight excluding hydrogens is 298 g/mol. The predicted molar refractivity (Wildman–Crippen MR) is 76.2 cm³/mol. The average molecular weight is 316 g/mol. The minimum absolute atomic E-state index is 0.0899. The van der Waals surface area contributed by atoms with E-state index >= 15 is 0 Å². The highest BCUT2D eigenvalue weighted by atomic mass is 79.9. The van der Waals surface area contributed by atoms with Gasteiger partial charge in [0.15, 0.2) is 0 Å². The van der Waals surface area contributed by atoms with Gasteiger partial charge in [-0.05, 0) is 50.2 Å². The van der Waals surface area contributed by atoms with Crippen LogP contribution in [0.25, 0.3) is 0 Å². The zero-order chi connectivity index (χ0) is 12.5. The maximum Gasteiger partial charge on any atom is 0.261 e. The fraction of sp³-hybridized carbons (Fsp3) is 0.615. The Morgan fingerprint density at radius 1 is 1.53 bits per heavy atom. The number of hydrogen-bond donors (Lipinski definition) is 1. The Bertz CT molecular complexity index is 404. The second-order valence-corrected chi connectivity index (χ2v) is 7.02. The molecule has 0 atom stereocenters. The minimum atomic E-state index is 0.0899. The Balaban J connectivity index is 1.89. The lowest BCUT2D eigenvalue weighted by Crippen LogP contribution is -2.29. The number of thiophene rings is 1. The first-order valence-corrected chi connectivity index (χ1v) is 7.91. The van der Waals surface area contributed by atoms with Crippen LogP contribution >= 0.6 is 27.3 Å². The van der Waals surface area contributed by atoms with E-state index in [4.69, 9.17) is 0 Å². The van der Waals surface area contributed by atoms with Gasteiger partial charge >= 0.3 is 0 Å². The third kappa shape index (κ3) is 3.10. The first-order valence-electron chi connectivity index (χ1n) is 5.97. The van der Waals surface area contributed by atoms with Gasteiger partial charge < -0.3 is 5.32 Å². The Hall–Kier alpha value is -0.350. The molecule has 1 aliphatic carbocycles. The molecule has 94 valence electrons. The van der Waals surface area contributed by atoms with E-state index in [-0.39, 0.29) is 5.91 Å². The van der Waals surface area contributed by atoms with Crippen molar-refractivity contribution in [2.75, 3.05) is 11.9 Å². The van der Waals surface area contributed by atoms with Gasteiger partial charge in [-0.15, -0.1) is 11.3 Å². The number of hydrogen-bond acceptors (Lipinski definition) is 2. The molecule has 1 aromatic heterocycles. The molecule has 2 nitrogen and oxygen atoms in total. The Morgan fingerprint density at radius 3 is 2.71 bits per heavy atom. The molecule has 2 rings (SSSR count). The van der Waals surface area contributed by atoms with Crippen molar-refractivity contribution in [2.24, 2.45) is 5.41 Å². The second-order valence-electron chi connectivity index (χ2n) is 4.97. The van der Waals surface area contributed by atoms with E-state index in [9.17, 15) is 4.79 Å². The summed E-state index contributed by atoms with van der Waals surface area (Å²) in [5.41, 5.74) is 1.60. The molecule has 1 heterocycles. The van der Waals surface area contributed by atoms with Crippen molar-refractivity contribution >= 4 is 33.2 Å². The number of amides is 1. The lowest BCUT2D eigenvalue weighted by molar-refractivity contribution is 0.0948. The summed E-state index contributed by atoms with van der Waals surface area (Å²) in [7, 11) is 0. The molecule has 1 aromatic rings. The third-order valence-corrected chi connectivity index (χ3v) is 5.14. The standard InChI is InChI=1S/C13H18BrNOS/c1-9-7-11(17-10(9)2)12(16)15-8-13(3-4-13)5-6-14/h7H,3-6,8H2,1-2H3,(H,15,16). The van der Waals surface area contributed by atoms with Crippen LogP contribution < -0.4 is 5.32 Å². The van der Waals surface area contributed by atoms with Crippen LogP contribution in [0.5, 0.6) is 0 Å².